The smallest absolute Gasteiger partial charge is 0.369 e. The van der Waals surface area contributed by atoms with Gasteiger partial charge in [0.2, 0.25) is 11.7 Å². The van der Waals surface area contributed by atoms with Gasteiger partial charge in [-0.05, 0) is 17.4 Å². The van der Waals surface area contributed by atoms with Crippen LogP contribution >= 0.6 is 0 Å². The minimum atomic E-state index is -0.444. The highest BCUT2D eigenvalue weighted by Gasteiger charge is 2.19. The Labute approximate surface area is 113 Å². The van der Waals surface area contributed by atoms with Gasteiger partial charge >= 0.3 is 5.69 Å². The zero-order chi connectivity index (χ0) is 15.0. The summed E-state index contributed by atoms with van der Waals surface area (Å²) in [6.45, 7) is 1.77. The summed E-state index contributed by atoms with van der Waals surface area (Å²) >= 11 is 0. The molecule has 0 aliphatic heterocycles. The number of ether oxygens (including phenoxy) is 1. The first-order chi connectivity index (χ1) is 10.1. The topological polar surface area (TPSA) is 117 Å². The number of aromatic amines is 1. The Balaban J connectivity index is 1.90. The second kappa shape index (κ2) is 4.64. The van der Waals surface area contributed by atoms with Crippen LogP contribution in [0.1, 0.15) is 11.3 Å². The molecule has 3 rings (SSSR count). The van der Waals surface area contributed by atoms with E-state index in [0.717, 1.165) is 14.5 Å². The van der Waals surface area contributed by atoms with Crippen molar-refractivity contribution in [2.24, 2.45) is 7.05 Å². The van der Waals surface area contributed by atoms with Crippen molar-refractivity contribution in [2.75, 3.05) is 0 Å². The first-order valence-corrected chi connectivity index (χ1v) is 5.68. The van der Waals surface area contributed by atoms with Crippen molar-refractivity contribution < 1.29 is 10.7 Å². The molecule has 10 nitrogen and oxygen atoms in total. The fourth-order valence-corrected chi connectivity index (χ4v) is 1.60. The van der Waals surface area contributed by atoms with E-state index in [2.05, 4.69) is 20.7 Å². The summed E-state index contributed by atoms with van der Waals surface area (Å²) in [5.74, 6) is 0.992. The Kier molecular flexibility index (Phi) is 2.55. The predicted octanol–water partition coefficient (Wildman–Crippen LogP) is -0.435. The lowest BCUT2D eigenvalue weighted by Crippen LogP contribution is -2.23. The molecule has 0 saturated carbocycles. The molecular weight excluding hydrogens is 266 g/mol. The van der Waals surface area contributed by atoms with Gasteiger partial charge in [-0.25, -0.2) is 4.79 Å². The number of hydrogen-bond donors (Lipinski definition) is 1. The third-order valence-electron chi connectivity index (χ3n) is 2.69. The molecule has 0 fully saturated rings. The third-order valence-corrected chi connectivity index (χ3v) is 2.69. The van der Waals surface area contributed by atoms with Gasteiger partial charge in [-0.3, -0.25) is 5.09 Å². The van der Waals surface area contributed by atoms with Crippen LogP contribution in [0.3, 0.4) is 0 Å². The Hall–Kier alpha value is -2.91. The minimum Gasteiger partial charge on any atom is -0.471 e. The molecule has 0 atom stereocenters. The molecule has 1 N–H and O–H groups in total. The van der Waals surface area contributed by atoms with E-state index in [1.54, 1.807) is 13.0 Å². The highest BCUT2D eigenvalue weighted by atomic mass is 16.5. The van der Waals surface area contributed by atoms with E-state index in [0.29, 0.717) is 11.3 Å². The first-order valence-electron chi connectivity index (χ1n) is 6.13. The van der Waals surface area contributed by atoms with Crippen molar-refractivity contribution in [1.82, 2.24) is 35.1 Å². The number of aromatic nitrogens is 7. The van der Waals surface area contributed by atoms with Crippen molar-refractivity contribution >= 4 is 0 Å². The van der Waals surface area contributed by atoms with E-state index in [-0.39, 0.29) is 18.3 Å². The van der Waals surface area contributed by atoms with Gasteiger partial charge in [0.05, 0.1) is 5.56 Å². The zero-order valence-corrected chi connectivity index (χ0v) is 10.7. The summed E-state index contributed by atoms with van der Waals surface area (Å²) in [5, 5.41) is 15.8. The third kappa shape index (κ3) is 1.96. The fourth-order valence-electron chi connectivity index (χ4n) is 1.60. The summed E-state index contributed by atoms with van der Waals surface area (Å²) in [6.07, 6.45) is 1.43. The molecule has 0 radical (unpaired) electrons. The van der Waals surface area contributed by atoms with Crippen molar-refractivity contribution in [3.05, 3.63) is 34.1 Å². The first kappa shape index (κ1) is 11.0. The van der Waals surface area contributed by atoms with Gasteiger partial charge in [-0.1, -0.05) is 5.16 Å². The number of hydrogen-bond acceptors (Lipinski definition) is 7. The van der Waals surface area contributed by atoms with Gasteiger partial charge in [0.1, 0.15) is 12.4 Å². The molecule has 3 heterocycles. The molecule has 10 heteroatoms. The molecule has 20 heavy (non-hydrogen) atoms. The predicted molar refractivity (Wildman–Crippen MR) is 64.3 cm³/mol. The molecule has 0 spiro atoms. The van der Waals surface area contributed by atoms with Gasteiger partial charge in [-0.15, -0.1) is 9.78 Å². The number of aryl methyl sites for hydroxylation is 2. The molecule has 0 aliphatic carbocycles. The second-order valence-corrected chi connectivity index (χ2v) is 4.00. The van der Waals surface area contributed by atoms with Crippen LogP contribution in [0, 0.1) is 6.92 Å². The maximum Gasteiger partial charge on any atom is 0.369 e. The van der Waals surface area contributed by atoms with Gasteiger partial charge < -0.3 is 9.26 Å². The number of rotatable bonds is 4. The maximum absolute atomic E-state index is 11.8. The normalized spacial score (nSPS) is 11.6. The van der Waals surface area contributed by atoms with Crippen LogP contribution in [0.4, 0.5) is 0 Å². The molecule has 104 valence electrons. The van der Waals surface area contributed by atoms with Crippen molar-refractivity contribution in [3.8, 4) is 11.7 Å². The molecule has 3 aromatic rings. The lowest BCUT2D eigenvalue weighted by atomic mass is 10.2. The van der Waals surface area contributed by atoms with Crippen LogP contribution in [0.25, 0.3) is 5.82 Å². The Morgan fingerprint density at radius 1 is 1.55 bits per heavy atom. The van der Waals surface area contributed by atoms with Crippen LogP contribution in [-0.4, -0.2) is 35.1 Å². The van der Waals surface area contributed by atoms with E-state index in [9.17, 15) is 4.79 Å². The number of H-pyrrole nitrogens is 1. The molecule has 0 amide bonds. The zero-order valence-electron chi connectivity index (χ0n) is 11.7. The van der Waals surface area contributed by atoms with Crippen molar-refractivity contribution in [3.63, 3.8) is 0 Å². The minimum absolute atomic E-state index is 0.0741. The quantitative estimate of drug-likeness (QED) is 0.688. The summed E-state index contributed by atoms with van der Waals surface area (Å²) in [7, 11) is 1.48. The summed E-state index contributed by atoms with van der Waals surface area (Å²) in [4.78, 5) is 11.8. The average Bonchev–Trinajstić information content (AvgIpc) is 3.11. The number of nitrogens with zero attached hydrogens (tertiary/aromatic N) is 6. The van der Waals surface area contributed by atoms with E-state index >= 15 is 0 Å². The van der Waals surface area contributed by atoms with Crippen molar-refractivity contribution in [1.29, 1.82) is 0 Å². The van der Waals surface area contributed by atoms with Gasteiger partial charge in [0, 0.05) is 19.3 Å². The Bertz CT molecular complexity index is 830. The fraction of sp³-hybridized carbons (Fsp3) is 0.300. The average molecular weight is 279 g/mol. The molecule has 0 unspecified atom stereocenters. The maximum atomic E-state index is 11.8. The molecule has 0 bridgehead atoms. The van der Waals surface area contributed by atoms with Gasteiger partial charge in [0.25, 0.3) is 0 Å². The summed E-state index contributed by atoms with van der Waals surface area (Å²) in [6, 6.07) is 1.55. The molecule has 0 aromatic carbocycles. The SMILES string of the molecule is [3H]n1ccc(OCc2c(-n3nnn(C)c3=O)noc2C)n1. The lowest BCUT2D eigenvalue weighted by Gasteiger charge is -2.02. The van der Waals surface area contributed by atoms with Crippen LogP contribution in [-0.2, 0) is 13.7 Å². The standard InChI is InChI=1S/C10H11N7O3/c1-6-7(5-19-8-3-4-11-12-8)9(13-20-6)17-10(18)16(2)14-15-17/h3-4H,5H2,1-2H3,(H,11,12)/i/hT. The van der Waals surface area contributed by atoms with Crippen molar-refractivity contribution in [2.45, 2.75) is 13.5 Å². The molecule has 0 saturated heterocycles. The lowest BCUT2D eigenvalue weighted by molar-refractivity contribution is 0.289. The molecule has 3 aromatic heterocycles. The Morgan fingerprint density at radius 3 is 3.05 bits per heavy atom. The van der Waals surface area contributed by atoms with Gasteiger partial charge in [0.15, 0.2) is 1.41 Å². The summed E-state index contributed by atoms with van der Waals surface area (Å²) in [5.41, 5.74) is 0.108. The highest BCUT2D eigenvalue weighted by molar-refractivity contribution is 5.33. The van der Waals surface area contributed by atoms with E-state index in [1.807, 2.05) is 0 Å². The summed E-state index contributed by atoms with van der Waals surface area (Å²) < 4.78 is 19.9. The monoisotopic (exact) mass is 279 g/mol. The van der Waals surface area contributed by atoms with E-state index < -0.39 is 5.69 Å². The Morgan fingerprint density at radius 2 is 2.40 bits per heavy atom. The van der Waals surface area contributed by atoms with Crippen LogP contribution in [0.2, 0.25) is 1.41 Å². The number of nitrogens with one attached hydrogen (secondary N) is 1. The van der Waals surface area contributed by atoms with E-state index in [1.165, 1.54) is 13.2 Å². The van der Waals surface area contributed by atoms with E-state index in [4.69, 9.17) is 10.7 Å². The molecular formula is C10H11N7O3. The second-order valence-electron chi connectivity index (χ2n) is 4.00. The highest BCUT2D eigenvalue weighted by Crippen LogP contribution is 2.17. The van der Waals surface area contributed by atoms with Crippen LogP contribution in [0.15, 0.2) is 21.6 Å². The van der Waals surface area contributed by atoms with Crippen LogP contribution in [0.5, 0.6) is 5.88 Å². The molecule has 0 aliphatic rings. The number of tetrazole rings is 1. The van der Waals surface area contributed by atoms with Crippen LogP contribution < -0.4 is 10.4 Å². The largest absolute Gasteiger partial charge is 0.471 e. The van der Waals surface area contributed by atoms with Gasteiger partial charge in [-0.2, -0.15) is 4.68 Å².